The summed E-state index contributed by atoms with van der Waals surface area (Å²) in [6.45, 7) is 3.55. The van der Waals surface area contributed by atoms with Gasteiger partial charge in [0.2, 0.25) is 0 Å². The van der Waals surface area contributed by atoms with E-state index in [1.165, 1.54) is 24.3 Å². The summed E-state index contributed by atoms with van der Waals surface area (Å²) in [6, 6.07) is 12.0. The second kappa shape index (κ2) is 8.10. The van der Waals surface area contributed by atoms with Crippen molar-refractivity contribution >= 4 is 17.6 Å². The molecular formula is C18H18FNO4. The maximum Gasteiger partial charge on any atom is 0.338 e. The fourth-order valence-corrected chi connectivity index (χ4v) is 1.98. The second-order valence-corrected chi connectivity index (χ2v) is 5.01. The van der Waals surface area contributed by atoms with E-state index in [4.69, 9.17) is 9.47 Å². The molecule has 6 heteroatoms. The summed E-state index contributed by atoms with van der Waals surface area (Å²) >= 11 is 0. The van der Waals surface area contributed by atoms with E-state index in [9.17, 15) is 14.0 Å². The van der Waals surface area contributed by atoms with Gasteiger partial charge in [-0.2, -0.15) is 0 Å². The molecule has 0 aromatic heterocycles. The minimum absolute atomic E-state index is 0.274. The fraction of sp³-hybridized carbons (Fsp3) is 0.222. The molecule has 0 bridgehead atoms. The Morgan fingerprint density at radius 3 is 2.62 bits per heavy atom. The van der Waals surface area contributed by atoms with Gasteiger partial charge in [0.1, 0.15) is 11.6 Å². The Kier molecular flexibility index (Phi) is 5.89. The quantitative estimate of drug-likeness (QED) is 0.824. The van der Waals surface area contributed by atoms with Crippen LogP contribution >= 0.6 is 0 Å². The van der Waals surface area contributed by atoms with E-state index >= 15 is 0 Å². The monoisotopic (exact) mass is 331 g/mol. The Bertz CT molecular complexity index is 732. The lowest BCUT2D eigenvalue weighted by atomic mass is 10.2. The number of carbonyl (C=O) groups excluding carboxylic acids is 2. The lowest BCUT2D eigenvalue weighted by molar-refractivity contribution is -0.122. The van der Waals surface area contributed by atoms with Crippen LogP contribution in [0.2, 0.25) is 0 Å². The zero-order chi connectivity index (χ0) is 17.5. The number of hydrogen-bond acceptors (Lipinski definition) is 4. The first-order valence-electron chi connectivity index (χ1n) is 7.50. The number of rotatable bonds is 6. The van der Waals surface area contributed by atoms with E-state index in [1.807, 2.05) is 0 Å². The first kappa shape index (κ1) is 17.5. The molecule has 0 radical (unpaired) electrons. The minimum Gasteiger partial charge on any atom is -0.481 e. The summed E-state index contributed by atoms with van der Waals surface area (Å²) < 4.78 is 23.6. The molecule has 0 heterocycles. The second-order valence-electron chi connectivity index (χ2n) is 5.01. The lowest BCUT2D eigenvalue weighted by Crippen LogP contribution is -2.30. The largest absolute Gasteiger partial charge is 0.481 e. The van der Waals surface area contributed by atoms with Gasteiger partial charge < -0.3 is 14.8 Å². The van der Waals surface area contributed by atoms with Gasteiger partial charge in [-0.05, 0) is 50.2 Å². The van der Waals surface area contributed by atoms with E-state index in [-0.39, 0.29) is 6.61 Å². The maximum atomic E-state index is 13.1. The summed E-state index contributed by atoms with van der Waals surface area (Å²) in [5.41, 5.74) is 0.683. The normalized spacial score (nSPS) is 11.5. The topological polar surface area (TPSA) is 64.6 Å². The van der Waals surface area contributed by atoms with Crippen molar-refractivity contribution in [3.8, 4) is 5.75 Å². The van der Waals surface area contributed by atoms with Crippen LogP contribution in [0.3, 0.4) is 0 Å². The van der Waals surface area contributed by atoms with Gasteiger partial charge in [0.15, 0.2) is 6.10 Å². The van der Waals surface area contributed by atoms with Crippen molar-refractivity contribution in [2.75, 3.05) is 11.9 Å². The SMILES string of the molecule is CCOC(=O)c1cccc(O[C@H](C)C(=O)Nc2cccc(F)c2)c1. The van der Waals surface area contributed by atoms with Crippen LogP contribution < -0.4 is 10.1 Å². The first-order chi connectivity index (χ1) is 11.5. The maximum absolute atomic E-state index is 13.1. The summed E-state index contributed by atoms with van der Waals surface area (Å²) in [4.78, 5) is 23.8. The Morgan fingerprint density at radius 1 is 1.17 bits per heavy atom. The van der Waals surface area contributed by atoms with E-state index in [2.05, 4.69) is 5.32 Å². The van der Waals surface area contributed by atoms with Crippen molar-refractivity contribution in [2.45, 2.75) is 20.0 Å². The smallest absolute Gasteiger partial charge is 0.338 e. The van der Waals surface area contributed by atoms with Crippen molar-refractivity contribution < 1.29 is 23.5 Å². The zero-order valence-electron chi connectivity index (χ0n) is 13.4. The van der Waals surface area contributed by atoms with Gasteiger partial charge in [0, 0.05) is 5.69 Å². The van der Waals surface area contributed by atoms with Crippen molar-refractivity contribution in [3.63, 3.8) is 0 Å². The van der Waals surface area contributed by atoms with Crippen LogP contribution in [0.15, 0.2) is 48.5 Å². The molecule has 0 aliphatic heterocycles. The highest BCUT2D eigenvalue weighted by molar-refractivity contribution is 5.94. The molecule has 0 aliphatic rings. The van der Waals surface area contributed by atoms with Crippen LogP contribution in [0, 0.1) is 5.82 Å². The van der Waals surface area contributed by atoms with E-state index in [0.717, 1.165) is 0 Å². The van der Waals surface area contributed by atoms with Gasteiger partial charge in [-0.15, -0.1) is 0 Å². The highest BCUT2D eigenvalue weighted by Crippen LogP contribution is 2.17. The predicted molar refractivity (Wildman–Crippen MR) is 87.5 cm³/mol. The highest BCUT2D eigenvalue weighted by Gasteiger charge is 2.16. The van der Waals surface area contributed by atoms with Crippen molar-refractivity contribution in [1.82, 2.24) is 0 Å². The third-order valence-corrected chi connectivity index (χ3v) is 3.12. The molecule has 1 amide bonds. The van der Waals surface area contributed by atoms with Crippen molar-refractivity contribution in [2.24, 2.45) is 0 Å². The molecule has 5 nitrogen and oxygen atoms in total. The number of ether oxygens (including phenoxy) is 2. The number of carbonyl (C=O) groups is 2. The van der Waals surface area contributed by atoms with Crippen LogP contribution in [-0.4, -0.2) is 24.6 Å². The fourth-order valence-electron chi connectivity index (χ4n) is 1.98. The van der Waals surface area contributed by atoms with Gasteiger partial charge in [0.05, 0.1) is 12.2 Å². The predicted octanol–water partition coefficient (Wildman–Crippen LogP) is 3.41. The Labute approximate surface area is 139 Å². The third-order valence-electron chi connectivity index (χ3n) is 3.12. The van der Waals surface area contributed by atoms with Gasteiger partial charge in [-0.3, -0.25) is 4.79 Å². The molecule has 1 atom stereocenters. The molecule has 0 spiro atoms. The van der Waals surface area contributed by atoms with E-state index in [0.29, 0.717) is 17.0 Å². The van der Waals surface area contributed by atoms with Gasteiger partial charge >= 0.3 is 5.97 Å². The van der Waals surface area contributed by atoms with E-state index < -0.39 is 23.8 Å². The van der Waals surface area contributed by atoms with E-state index in [1.54, 1.807) is 38.1 Å². The Hall–Kier alpha value is -2.89. The molecule has 0 unspecified atom stereocenters. The molecule has 2 aromatic rings. The summed E-state index contributed by atoms with van der Waals surface area (Å²) in [5.74, 6) is -0.965. The molecule has 24 heavy (non-hydrogen) atoms. The van der Waals surface area contributed by atoms with Gasteiger partial charge in [0.25, 0.3) is 5.91 Å². The number of benzene rings is 2. The third kappa shape index (κ3) is 4.81. The minimum atomic E-state index is -0.828. The highest BCUT2D eigenvalue weighted by atomic mass is 19.1. The molecule has 0 fully saturated rings. The molecule has 2 rings (SSSR count). The van der Waals surface area contributed by atoms with Gasteiger partial charge in [-0.25, -0.2) is 9.18 Å². The average molecular weight is 331 g/mol. The zero-order valence-corrected chi connectivity index (χ0v) is 13.4. The van der Waals surface area contributed by atoms with Crippen LogP contribution in [0.5, 0.6) is 5.75 Å². The number of halogens is 1. The molecule has 2 aromatic carbocycles. The molecule has 0 aliphatic carbocycles. The number of hydrogen-bond donors (Lipinski definition) is 1. The number of anilines is 1. The Morgan fingerprint density at radius 2 is 1.92 bits per heavy atom. The molecule has 1 N–H and O–H groups in total. The summed E-state index contributed by atoms with van der Waals surface area (Å²) in [7, 11) is 0. The first-order valence-corrected chi connectivity index (χ1v) is 7.50. The molecule has 0 saturated heterocycles. The van der Waals surface area contributed by atoms with Crippen LogP contribution in [0.1, 0.15) is 24.2 Å². The average Bonchev–Trinajstić information content (AvgIpc) is 2.55. The Balaban J connectivity index is 2.01. The van der Waals surface area contributed by atoms with Crippen molar-refractivity contribution in [1.29, 1.82) is 0 Å². The number of nitrogens with one attached hydrogen (secondary N) is 1. The summed E-state index contributed by atoms with van der Waals surface area (Å²) in [6.07, 6.45) is -0.828. The molecule has 0 saturated carbocycles. The number of esters is 1. The van der Waals surface area contributed by atoms with Crippen LogP contribution in [0.4, 0.5) is 10.1 Å². The lowest BCUT2D eigenvalue weighted by Gasteiger charge is -2.15. The van der Waals surface area contributed by atoms with Crippen molar-refractivity contribution in [3.05, 3.63) is 59.9 Å². The van der Waals surface area contributed by atoms with Crippen LogP contribution in [0.25, 0.3) is 0 Å². The summed E-state index contributed by atoms with van der Waals surface area (Å²) in [5, 5.41) is 2.56. The standard InChI is InChI=1S/C18H18FNO4/c1-3-23-18(22)13-6-4-9-16(10-13)24-12(2)17(21)20-15-8-5-7-14(19)11-15/h4-12H,3H2,1-2H3,(H,20,21)/t12-/m1/s1. The molecular weight excluding hydrogens is 313 g/mol. The van der Waals surface area contributed by atoms with Crippen LogP contribution in [-0.2, 0) is 9.53 Å². The van der Waals surface area contributed by atoms with Gasteiger partial charge in [-0.1, -0.05) is 12.1 Å². The number of amides is 1. The molecule has 126 valence electrons.